The van der Waals surface area contributed by atoms with Crippen molar-refractivity contribution in [1.29, 1.82) is 0 Å². The van der Waals surface area contributed by atoms with Gasteiger partial charge in [-0.2, -0.15) is 5.10 Å². The van der Waals surface area contributed by atoms with Crippen LogP contribution < -0.4 is 5.32 Å². The number of nitrogens with one attached hydrogen (secondary N) is 1. The number of amides is 1. The monoisotopic (exact) mass is 417 g/mol. The second-order valence-electron chi connectivity index (χ2n) is 5.45. The molecule has 4 nitrogen and oxygen atoms in total. The van der Waals surface area contributed by atoms with Crippen LogP contribution in [0.3, 0.4) is 0 Å². The summed E-state index contributed by atoms with van der Waals surface area (Å²) in [6.45, 7) is -0.508. The summed E-state index contributed by atoms with van der Waals surface area (Å²) in [5, 5.41) is 6.83. The van der Waals surface area contributed by atoms with E-state index in [2.05, 4.69) is 10.4 Å². The zero-order valence-electron chi connectivity index (χ0n) is 13.2. The summed E-state index contributed by atoms with van der Waals surface area (Å²) >= 11 is 11.7. The highest BCUT2D eigenvalue weighted by Crippen LogP contribution is 2.23. The Morgan fingerprint density at radius 1 is 1.07 bits per heavy atom. The van der Waals surface area contributed by atoms with Crippen molar-refractivity contribution < 1.29 is 22.4 Å². The Balaban J connectivity index is 1.78. The Hall–Kier alpha value is -2.58. The van der Waals surface area contributed by atoms with E-state index in [1.54, 1.807) is 0 Å². The van der Waals surface area contributed by atoms with Crippen molar-refractivity contribution in [3.63, 3.8) is 0 Å². The minimum absolute atomic E-state index is 0.137. The third-order valence-corrected chi connectivity index (χ3v) is 4.14. The molecule has 3 aromatic rings. The minimum Gasteiger partial charge on any atom is -0.319 e. The average Bonchev–Trinajstić information content (AvgIpc) is 3.03. The van der Waals surface area contributed by atoms with Gasteiger partial charge in [0.05, 0.1) is 29.0 Å². The zero-order chi connectivity index (χ0) is 19.7. The van der Waals surface area contributed by atoms with Crippen LogP contribution >= 0.6 is 23.2 Å². The van der Waals surface area contributed by atoms with Gasteiger partial charge in [0.15, 0.2) is 17.5 Å². The van der Waals surface area contributed by atoms with Crippen LogP contribution in [0.25, 0.3) is 0 Å². The lowest BCUT2D eigenvalue weighted by atomic mass is 10.2. The lowest BCUT2D eigenvalue weighted by Crippen LogP contribution is -2.12. The van der Waals surface area contributed by atoms with E-state index in [4.69, 9.17) is 23.2 Å². The topological polar surface area (TPSA) is 46.9 Å². The third-order valence-electron chi connectivity index (χ3n) is 3.60. The molecule has 1 amide bonds. The van der Waals surface area contributed by atoms with Crippen molar-refractivity contribution in [3.8, 4) is 0 Å². The van der Waals surface area contributed by atoms with E-state index in [-0.39, 0.29) is 22.3 Å². The van der Waals surface area contributed by atoms with Gasteiger partial charge in [-0.3, -0.25) is 9.48 Å². The molecular weight excluding hydrogens is 409 g/mol. The molecule has 0 fully saturated rings. The van der Waals surface area contributed by atoms with E-state index < -0.39 is 41.3 Å². The maximum atomic E-state index is 13.7. The molecule has 0 bridgehead atoms. The summed E-state index contributed by atoms with van der Waals surface area (Å²) in [6.07, 6.45) is 2.49. The van der Waals surface area contributed by atoms with Gasteiger partial charge in [0.1, 0.15) is 5.82 Å². The van der Waals surface area contributed by atoms with Gasteiger partial charge in [0.25, 0.3) is 5.91 Å². The summed E-state index contributed by atoms with van der Waals surface area (Å²) in [5.74, 6) is -6.84. The number of anilines is 1. The normalized spacial score (nSPS) is 10.9. The first-order valence-corrected chi connectivity index (χ1v) is 8.12. The first-order chi connectivity index (χ1) is 12.8. The summed E-state index contributed by atoms with van der Waals surface area (Å²) in [5.41, 5.74) is -0.337. The molecule has 10 heteroatoms. The van der Waals surface area contributed by atoms with Gasteiger partial charge in [0, 0.05) is 22.8 Å². The fourth-order valence-corrected chi connectivity index (χ4v) is 2.79. The molecule has 0 aliphatic carbocycles. The molecule has 0 unspecified atom stereocenters. The summed E-state index contributed by atoms with van der Waals surface area (Å²) in [4.78, 5) is 12.2. The molecule has 0 aliphatic heterocycles. The van der Waals surface area contributed by atoms with Crippen molar-refractivity contribution in [2.75, 3.05) is 5.32 Å². The van der Waals surface area contributed by atoms with E-state index in [1.807, 2.05) is 0 Å². The van der Waals surface area contributed by atoms with Crippen molar-refractivity contribution >= 4 is 34.8 Å². The van der Waals surface area contributed by atoms with E-state index in [1.165, 1.54) is 30.6 Å². The first-order valence-electron chi connectivity index (χ1n) is 7.37. The maximum absolute atomic E-state index is 13.7. The van der Waals surface area contributed by atoms with Crippen LogP contribution in [-0.2, 0) is 6.54 Å². The number of hydrogen-bond acceptors (Lipinski definition) is 2. The third kappa shape index (κ3) is 4.06. The van der Waals surface area contributed by atoms with Gasteiger partial charge in [-0.1, -0.05) is 23.2 Å². The second-order valence-corrected chi connectivity index (χ2v) is 6.30. The number of carbonyl (C=O) groups excluding carboxylic acids is 1. The Labute approximate surface area is 160 Å². The number of hydrogen-bond donors (Lipinski definition) is 1. The quantitative estimate of drug-likeness (QED) is 0.367. The lowest BCUT2D eigenvalue weighted by molar-refractivity contribution is 0.102. The SMILES string of the molecule is O=C(Nc1cnn(Cc2c(F)cc(F)c(F)c2F)c1)c1ccc(Cl)cc1Cl. The molecule has 140 valence electrons. The standard InChI is InChI=1S/C17H9Cl2F4N3O/c18-8-1-2-10(12(19)3-8)17(27)25-9-5-24-26(6-9)7-11-13(20)4-14(21)16(23)15(11)22/h1-6H,7H2,(H,25,27). The van der Waals surface area contributed by atoms with Gasteiger partial charge in [-0.05, 0) is 18.2 Å². The van der Waals surface area contributed by atoms with E-state index in [0.717, 1.165) is 4.68 Å². The summed E-state index contributed by atoms with van der Waals surface area (Å²) in [7, 11) is 0. The number of halogens is 6. The molecule has 27 heavy (non-hydrogen) atoms. The van der Waals surface area contributed by atoms with Gasteiger partial charge in [0.2, 0.25) is 0 Å². The highest BCUT2D eigenvalue weighted by atomic mass is 35.5. The Bertz CT molecular complexity index is 1040. The van der Waals surface area contributed by atoms with Crippen LogP contribution in [0.4, 0.5) is 23.2 Å². The van der Waals surface area contributed by atoms with E-state index in [9.17, 15) is 22.4 Å². The molecule has 0 radical (unpaired) electrons. The fraction of sp³-hybridized carbons (Fsp3) is 0.0588. The van der Waals surface area contributed by atoms with Crippen molar-refractivity contribution in [2.45, 2.75) is 6.54 Å². The number of aromatic nitrogens is 2. The summed E-state index contributed by atoms with van der Waals surface area (Å²) in [6, 6.07) is 4.56. The van der Waals surface area contributed by atoms with Crippen LogP contribution in [0.15, 0.2) is 36.7 Å². The Morgan fingerprint density at radius 3 is 2.52 bits per heavy atom. The van der Waals surface area contributed by atoms with Crippen molar-refractivity contribution in [1.82, 2.24) is 9.78 Å². The van der Waals surface area contributed by atoms with Crippen molar-refractivity contribution in [2.24, 2.45) is 0 Å². The van der Waals surface area contributed by atoms with Gasteiger partial charge >= 0.3 is 0 Å². The van der Waals surface area contributed by atoms with Crippen LogP contribution in [-0.4, -0.2) is 15.7 Å². The lowest BCUT2D eigenvalue weighted by Gasteiger charge is -2.07. The maximum Gasteiger partial charge on any atom is 0.257 e. The van der Waals surface area contributed by atoms with Gasteiger partial charge in [-0.15, -0.1) is 0 Å². The first kappa shape index (κ1) is 19.2. The Kier molecular flexibility index (Phi) is 5.38. The fourth-order valence-electron chi connectivity index (χ4n) is 2.30. The largest absolute Gasteiger partial charge is 0.319 e. The second kappa shape index (κ2) is 7.58. The number of carbonyl (C=O) groups is 1. The van der Waals surface area contributed by atoms with Crippen LogP contribution in [0.2, 0.25) is 10.0 Å². The van der Waals surface area contributed by atoms with Gasteiger partial charge in [-0.25, -0.2) is 17.6 Å². The van der Waals surface area contributed by atoms with E-state index in [0.29, 0.717) is 5.02 Å². The highest BCUT2D eigenvalue weighted by Gasteiger charge is 2.20. The molecule has 0 spiro atoms. The number of nitrogens with zero attached hydrogens (tertiary/aromatic N) is 2. The van der Waals surface area contributed by atoms with E-state index >= 15 is 0 Å². The molecular formula is C17H9Cl2F4N3O. The molecule has 0 aliphatic rings. The molecule has 0 saturated carbocycles. The molecule has 1 heterocycles. The molecule has 0 atom stereocenters. The smallest absolute Gasteiger partial charge is 0.257 e. The van der Waals surface area contributed by atoms with Crippen LogP contribution in [0, 0.1) is 23.3 Å². The molecule has 3 rings (SSSR count). The van der Waals surface area contributed by atoms with Crippen LogP contribution in [0.5, 0.6) is 0 Å². The van der Waals surface area contributed by atoms with Gasteiger partial charge < -0.3 is 5.32 Å². The molecule has 2 aromatic carbocycles. The predicted molar refractivity (Wildman–Crippen MR) is 92.0 cm³/mol. The predicted octanol–water partition coefficient (Wildman–Crippen LogP) is 5.05. The highest BCUT2D eigenvalue weighted by molar-refractivity contribution is 6.37. The average molecular weight is 418 g/mol. The zero-order valence-corrected chi connectivity index (χ0v) is 14.8. The number of benzene rings is 2. The summed E-state index contributed by atoms with van der Waals surface area (Å²) < 4.78 is 54.8. The van der Waals surface area contributed by atoms with Crippen LogP contribution in [0.1, 0.15) is 15.9 Å². The molecule has 0 saturated heterocycles. The molecule has 1 N–H and O–H groups in total. The Morgan fingerprint density at radius 2 is 1.81 bits per heavy atom. The number of rotatable bonds is 4. The minimum atomic E-state index is -1.77. The van der Waals surface area contributed by atoms with Crippen molar-refractivity contribution in [3.05, 3.63) is 81.1 Å². The molecule has 1 aromatic heterocycles.